The molecule has 7 nitrogen and oxygen atoms in total. The van der Waals surface area contributed by atoms with Gasteiger partial charge in [0.2, 0.25) is 0 Å². The van der Waals surface area contributed by atoms with Crippen molar-refractivity contribution >= 4 is 56.7 Å². The number of amides is 2. The molecule has 2 rings (SSSR count). The third-order valence-electron chi connectivity index (χ3n) is 3.80. The molecule has 10 heteroatoms. The van der Waals surface area contributed by atoms with Crippen LogP contribution in [-0.4, -0.2) is 29.6 Å². The summed E-state index contributed by atoms with van der Waals surface area (Å²) in [7, 11) is 0. The van der Waals surface area contributed by atoms with Gasteiger partial charge in [-0.15, -0.1) is 0 Å². The first-order valence-corrected chi connectivity index (χ1v) is 10.6. The van der Waals surface area contributed by atoms with Crippen LogP contribution in [-0.2, 0) is 4.79 Å². The van der Waals surface area contributed by atoms with Crippen LogP contribution >= 0.6 is 39.7 Å². The topological polar surface area (TPSA) is 88.7 Å². The van der Waals surface area contributed by atoms with Crippen LogP contribution in [0.2, 0.25) is 5.02 Å². The fourth-order valence-electron chi connectivity index (χ4n) is 2.13. The molecule has 0 bridgehead atoms. The number of carbonyl (C=O) groups excluding carboxylic acids is 2. The van der Waals surface area contributed by atoms with E-state index in [-0.39, 0.29) is 17.8 Å². The molecular weight excluding hydrogens is 494 g/mol. The monoisotopic (exact) mass is 513 g/mol. The summed E-state index contributed by atoms with van der Waals surface area (Å²) >= 11 is 14.2. The van der Waals surface area contributed by atoms with Gasteiger partial charge in [0.25, 0.3) is 11.8 Å². The van der Waals surface area contributed by atoms with Gasteiger partial charge in [-0.1, -0.05) is 24.6 Å². The number of hydrazine groups is 1. The molecule has 1 unspecified atom stereocenters. The SMILES string of the molecule is CCC(C)Oc1cccc(C(=O)NC(=S)NNC(=O)COc2ccc(Cl)cc2Br)c1. The summed E-state index contributed by atoms with van der Waals surface area (Å²) in [5, 5.41) is 2.96. The van der Waals surface area contributed by atoms with Crippen molar-refractivity contribution < 1.29 is 19.1 Å². The molecule has 0 aliphatic rings. The Morgan fingerprint density at radius 1 is 1.20 bits per heavy atom. The molecule has 3 N–H and O–H groups in total. The molecule has 0 heterocycles. The maximum absolute atomic E-state index is 12.3. The molecule has 0 fully saturated rings. The molecular formula is C20H21BrClN3O4S. The van der Waals surface area contributed by atoms with Crippen molar-refractivity contribution in [3.05, 3.63) is 57.5 Å². The fourth-order valence-corrected chi connectivity index (χ4v) is 3.07. The molecule has 0 aromatic heterocycles. The van der Waals surface area contributed by atoms with Crippen molar-refractivity contribution in [2.24, 2.45) is 0 Å². The van der Waals surface area contributed by atoms with Crippen molar-refractivity contribution in [1.29, 1.82) is 0 Å². The summed E-state index contributed by atoms with van der Waals surface area (Å²) in [4.78, 5) is 24.2. The van der Waals surface area contributed by atoms with Crippen LogP contribution in [0.3, 0.4) is 0 Å². The number of carbonyl (C=O) groups is 2. The molecule has 0 aliphatic heterocycles. The van der Waals surface area contributed by atoms with Crippen molar-refractivity contribution in [1.82, 2.24) is 16.2 Å². The second-order valence-electron chi connectivity index (χ2n) is 6.18. The van der Waals surface area contributed by atoms with Gasteiger partial charge in [-0.2, -0.15) is 0 Å². The molecule has 30 heavy (non-hydrogen) atoms. The number of hydrogen-bond acceptors (Lipinski definition) is 5. The van der Waals surface area contributed by atoms with Crippen molar-refractivity contribution in [2.45, 2.75) is 26.4 Å². The Balaban J connectivity index is 1.79. The Hall–Kier alpha value is -2.36. The first-order chi connectivity index (χ1) is 14.3. The number of hydrogen-bond donors (Lipinski definition) is 3. The van der Waals surface area contributed by atoms with Crippen molar-refractivity contribution in [3.8, 4) is 11.5 Å². The first kappa shape index (κ1) is 23.9. The molecule has 2 aromatic carbocycles. The minimum absolute atomic E-state index is 0.0389. The van der Waals surface area contributed by atoms with Gasteiger partial charge in [-0.05, 0) is 77.9 Å². The summed E-state index contributed by atoms with van der Waals surface area (Å²) < 4.78 is 11.7. The molecule has 0 saturated heterocycles. The van der Waals surface area contributed by atoms with E-state index in [1.807, 2.05) is 13.8 Å². The number of rotatable bonds is 7. The molecule has 2 amide bonds. The van der Waals surface area contributed by atoms with Crippen LogP contribution in [0, 0.1) is 0 Å². The van der Waals surface area contributed by atoms with Crippen molar-refractivity contribution in [3.63, 3.8) is 0 Å². The number of thiocarbonyl (C=S) groups is 1. The minimum atomic E-state index is -0.489. The smallest absolute Gasteiger partial charge is 0.276 e. The van der Waals surface area contributed by atoms with Crippen LogP contribution in [0.15, 0.2) is 46.9 Å². The summed E-state index contributed by atoms with van der Waals surface area (Å²) in [5.41, 5.74) is 5.18. The van der Waals surface area contributed by atoms with Gasteiger partial charge in [0.1, 0.15) is 11.5 Å². The van der Waals surface area contributed by atoms with Gasteiger partial charge in [0, 0.05) is 10.6 Å². The average molecular weight is 515 g/mol. The van der Waals surface area contributed by atoms with E-state index >= 15 is 0 Å². The second kappa shape index (κ2) is 11.7. The standard InChI is InChI=1S/C20H21BrClN3O4S/c1-3-12(2)29-15-6-4-5-13(9-15)19(27)23-20(30)25-24-18(26)11-28-17-8-7-14(22)10-16(17)21/h4-10,12H,3,11H2,1-2H3,(H,24,26)(H2,23,25,27,30). The third kappa shape index (κ3) is 7.81. The maximum Gasteiger partial charge on any atom is 0.276 e. The average Bonchev–Trinajstić information content (AvgIpc) is 2.71. The highest BCUT2D eigenvalue weighted by atomic mass is 79.9. The number of ether oxygens (including phenoxy) is 2. The lowest BCUT2D eigenvalue weighted by molar-refractivity contribution is -0.123. The summed E-state index contributed by atoms with van der Waals surface area (Å²) in [6, 6.07) is 11.7. The van der Waals surface area contributed by atoms with Crippen LogP contribution < -0.4 is 25.6 Å². The lowest BCUT2D eigenvalue weighted by Gasteiger charge is -2.14. The predicted molar refractivity (Wildman–Crippen MR) is 123 cm³/mol. The van der Waals surface area contributed by atoms with Gasteiger partial charge in [-0.25, -0.2) is 0 Å². The van der Waals surface area contributed by atoms with Crippen LogP contribution in [0.5, 0.6) is 11.5 Å². The maximum atomic E-state index is 12.3. The van der Waals surface area contributed by atoms with E-state index in [0.29, 0.717) is 26.6 Å². The Labute approximate surface area is 193 Å². The highest BCUT2D eigenvalue weighted by Crippen LogP contribution is 2.27. The molecule has 0 spiro atoms. The van der Waals surface area contributed by atoms with E-state index in [2.05, 4.69) is 32.1 Å². The zero-order valence-electron chi connectivity index (χ0n) is 16.3. The van der Waals surface area contributed by atoms with Gasteiger partial charge >= 0.3 is 0 Å². The van der Waals surface area contributed by atoms with Crippen LogP contribution in [0.25, 0.3) is 0 Å². The summed E-state index contributed by atoms with van der Waals surface area (Å²) in [6.07, 6.45) is 0.889. The third-order valence-corrected chi connectivity index (χ3v) is 4.86. The highest BCUT2D eigenvalue weighted by Gasteiger charge is 2.11. The zero-order valence-corrected chi connectivity index (χ0v) is 19.5. The van der Waals surface area contributed by atoms with E-state index in [4.69, 9.17) is 33.3 Å². The molecule has 0 saturated carbocycles. The normalized spacial score (nSPS) is 11.2. The van der Waals surface area contributed by atoms with E-state index in [1.54, 1.807) is 42.5 Å². The van der Waals surface area contributed by atoms with E-state index in [0.717, 1.165) is 6.42 Å². The van der Waals surface area contributed by atoms with Crippen molar-refractivity contribution in [2.75, 3.05) is 6.61 Å². The second-order valence-corrected chi connectivity index (χ2v) is 7.88. The molecule has 2 aromatic rings. The largest absolute Gasteiger partial charge is 0.491 e. The summed E-state index contributed by atoms with van der Waals surface area (Å²) in [5.74, 6) is 0.134. The van der Waals surface area contributed by atoms with Gasteiger partial charge in [0.15, 0.2) is 11.7 Å². The number of halogens is 2. The Bertz CT molecular complexity index is 929. The van der Waals surface area contributed by atoms with Gasteiger partial charge in [-0.3, -0.25) is 25.8 Å². The number of benzene rings is 2. The lowest BCUT2D eigenvalue weighted by atomic mass is 10.2. The van der Waals surface area contributed by atoms with E-state index < -0.39 is 11.8 Å². The van der Waals surface area contributed by atoms with Crippen LogP contribution in [0.4, 0.5) is 0 Å². The van der Waals surface area contributed by atoms with Crippen LogP contribution in [0.1, 0.15) is 30.6 Å². The predicted octanol–water partition coefficient (Wildman–Crippen LogP) is 3.99. The van der Waals surface area contributed by atoms with Gasteiger partial charge < -0.3 is 9.47 Å². The molecule has 0 aliphatic carbocycles. The fraction of sp³-hybridized carbons (Fsp3) is 0.250. The first-order valence-electron chi connectivity index (χ1n) is 9.03. The highest BCUT2D eigenvalue weighted by molar-refractivity contribution is 9.10. The Morgan fingerprint density at radius 3 is 2.67 bits per heavy atom. The zero-order chi connectivity index (χ0) is 22.1. The molecule has 1 atom stereocenters. The summed E-state index contributed by atoms with van der Waals surface area (Å²) in [6.45, 7) is 3.70. The quantitative estimate of drug-likeness (QED) is 0.382. The van der Waals surface area contributed by atoms with E-state index in [9.17, 15) is 9.59 Å². The lowest BCUT2D eigenvalue weighted by Crippen LogP contribution is -2.49. The van der Waals surface area contributed by atoms with Gasteiger partial charge in [0.05, 0.1) is 10.6 Å². The molecule has 0 radical (unpaired) electrons. The van der Waals surface area contributed by atoms with E-state index in [1.165, 1.54) is 0 Å². The minimum Gasteiger partial charge on any atom is -0.491 e. The molecule has 160 valence electrons. The Kier molecular flexibility index (Phi) is 9.35. The number of nitrogens with one attached hydrogen (secondary N) is 3. The Morgan fingerprint density at radius 2 is 1.97 bits per heavy atom.